The first-order valence-corrected chi connectivity index (χ1v) is 17.7. The van der Waals surface area contributed by atoms with Gasteiger partial charge in [0.1, 0.15) is 12.1 Å². The molecule has 7 nitrogen and oxygen atoms in total. The van der Waals surface area contributed by atoms with Gasteiger partial charge in [-0.2, -0.15) is 0 Å². The molecule has 2 heterocycles. The molecule has 0 aromatic heterocycles. The Kier molecular flexibility index (Phi) is 10.7. The lowest BCUT2D eigenvalue weighted by Gasteiger charge is -2.62. The van der Waals surface area contributed by atoms with Crippen molar-refractivity contribution in [1.82, 2.24) is 4.90 Å². The van der Waals surface area contributed by atoms with E-state index >= 15 is 0 Å². The molecule has 0 aromatic carbocycles. The van der Waals surface area contributed by atoms with Crippen LogP contribution in [0.4, 0.5) is 0 Å². The summed E-state index contributed by atoms with van der Waals surface area (Å²) in [5.41, 5.74) is 0.257. The zero-order chi connectivity index (χ0) is 30.4. The predicted octanol–water partition coefficient (Wildman–Crippen LogP) is 6.34. The van der Waals surface area contributed by atoms with Crippen molar-refractivity contribution in [3.8, 4) is 0 Å². The van der Waals surface area contributed by atoms with Crippen molar-refractivity contribution in [2.75, 3.05) is 45.9 Å². The summed E-state index contributed by atoms with van der Waals surface area (Å²) in [6, 6.07) is 0.629. The largest absolute Gasteiger partial charge is 0.461 e. The molecule has 0 radical (unpaired) electrons. The summed E-state index contributed by atoms with van der Waals surface area (Å²) < 4.78 is 19.3. The van der Waals surface area contributed by atoms with Gasteiger partial charge in [-0.05, 0) is 99.4 Å². The summed E-state index contributed by atoms with van der Waals surface area (Å²) in [5, 5.41) is 0. The van der Waals surface area contributed by atoms with E-state index in [1.54, 1.807) is 13.8 Å². The molecule has 0 bridgehead atoms. The first-order chi connectivity index (χ1) is 20.6. The fraction of sp³-hybridized carbons (Fsp3) is 0.889. The zero-order valence-electron chi connectivity index (χ0n) is 28.0. The molecule has 4 aliphatic carbocycles. The van der Waals surface area contributed by atoms with Crippen LogP contribution in [-0.2, 0) is 23.8 Å². The monoisotopic (exact) mass is 679 g/mol. The van der Waals surface area contributed by atoms with Gasteiger partial charge in [-0.1, -0.05) is 20.4 Å². The van der Waals surface area contributed by atoms with Crippen molar-refractivity contribution < 1.29 is 28.3 Å². The summed E-state index contributed by atoms with van der Waals surface area (Å²) in [5.74, 6) is 2.24. The number of esters is 2. The van der Waals surface area contributed by atoms with Crippen LogP contribution >= 0.6 is 17.0 Å². The van der Waals surface area contributed by atoms with Crippen LogP contribution in [-0.4, -0.2) is 91.6 Å². The summed E-state index contributed by atoms with van der Waals surface area (Å²) >= 11 is 0. The number of hydrogen-bond donors (Lipinski definition) is 0. The molecule has 6 aliphatic rings. The lowest BCUT2D eigenvalue weighted by atomic mass is 9.44. The van der Waals surface area contributed by atoms with Crippen molar-refractivity contribution in [3.63, 3.8) is 0 Å². The van der Waals surface area contributed by atoms with Crippen LogP contribution in [0.1, 0.15) is 98.3 Å². The Morgan fingerprint density at radius 3 is 2.25 bits per heavy atom. The van der Waals surface area contributed by atoms with Crippen molar-refractivity contribution in [3.05, 3.63) is 12.7 Å². The van der Waals surface area contributed by atoms with Crippen LogP contribution in [0, 0.1) is 34.5 Å². The number of ether oxygens (including phenoxy) is 3. The Hall–Kier alpha value is -0.960. The van der Waals surface area contributed by atoms with Gasteiger partial charge >= 0.3 is 11.9 Å². The Morgan fingerprint density at radius 1 is 0.932 bits per heavy atom. The molecule has 2 saturated heterocycles. The molecule has 4 saturated carbocycles. The summed E-state index contributed by atoms with van der Waals surface area (Å²) in [7, 11) is 0. The van der Waals surface area contributed by atoms with Gasteiger partial charge < -0.3 is 18.7 Å². The number of nitrogens with zero attached hydrogens (tertiary/aromatic N) is 2. The minimum Gasteiger partial charge on any atom is -0.461 e. The smallest absolute Gasteiger partial charge is 0.303 e. The zero-order valence-corrected chi connectivity index (χ0v) is 29.7. The van der Waals surface area contributed by atoms with Gasteiger partial charge in [0.2, 0.25) is 0 Å². The third kappa shape index (κ3) is 6.08. The van der Waals surface area contributed by atoms with Gasteiger partial charge in [-0.3, -0.25) is 14.5 Å². The van der Waals surface area contributed by atoms with E-state index < -0.39 is 0 Å². The SMILES string of the molecule is Br.C=CC[N+]1(C2C[C@H]3[C@@H]4CCC5CC(OC(C)=O)C(N6CCOCC6)C[C@]5(C)[C@@H]4CC[C@]3(C)C2OC(C)=O)CCCCCC1. The van der Waals surface area contributed by atoms with Crippen molar-refractivity contribution in [2.24, 2.45) is 34.5 Å². The van der Waals surface area contributed by atoms with Crippen LogP contribution in [0.3, 0.4) is 0 Å². The van der Waals surface area contributed by atoms with Gasteiger partial charge in [-0.25, -0.2) is 0 Å². The van der Waals surface area contributed by atoms with Crippen LogP contribution < -0.4 is 0 Å². The summed E-state index contributed by atoms with van der Waals surface area (Å²) in [4.78, 5) is 27.5. The minimum atomic E-state index is -0.146. The van der Waals surface area contributed by atoms with Gasteiger partial charge in [0, 0.05) is 44.8 Å². The number of carbonyl (C=O) groups is 2. The fourth-order valence-electron chi connectivity index (χ4n) is 12.0. The van der Waals surface area contributed by atoms with Gasteiger partial charge in [0.05, 0.1) is 32.8 Å². The Balaban J connectivity index is 0.00000384. The lowest BCUT2D eigenvalue weighted by molar-refractivity contribution is -0.948. The molecule has 6 rings (SSSR count). The number of carbonyl (C=O) groups excluding carboxylic acids is 2. The molecule has 250 valence electrons. The first kappa shape index (κ1) is 34.4. The van der Waals surface area contributed by atoms with Gasteiger partial charge in [0.25, 0.3) is 0 Å². The number of likely N-dealkylation sites (tertiary alicyclic amines) is 1. The molecule has 0 aromatic rings. The second kappa shape index (κ2) is 13.6. The number of morpholine rings is 1. The predicted molar refractivity (Wildman–Crippen MR) is 177 cm³/mol. The average Bonchev–Trinajstić information content (AvgIpc) is 3.10. The second-order valence-corrected chi connectivity index (χ2v) is 15.9. The Bertz CT molecular complexity index is 1040. The third-order valence-corrected chi connectivity index (χ3v) is 13.9. The molecule has 5 unspecified atom stereocenters. The molecule has 0 spiro atoms. The van der Waals surface area contributed by atoms with Gasteiger partial charge in [-0.15, -0.1) is 17.0 Å². The van der Waals surface area contributed by atoms with Crippen molar-refractivity contribution in [1.29, 1.82) is 0 Å². The summed E-state index contributed by atoms with van der Waals surface area (Å²) in [6.45, 7) is 19.2. The van der Waals surface area contributed by atoms with Crippen LogP contribution in [0.5, 0.6) is 0 Å². The first-order valence-electron chi connectivity index (χ1n) is 17.7. The van der Waals surface area contributed by atoms with E-state index in [2.05, 4.69) is 31.4 Å². The van der Waals surface area contributed by atoms with Gasteiger partial charge in [0.15, 0.2) is 6.10 Å². The lowest BCUT2D eigenvalue weighted by Crippen LogP contribution is -2.62. The fourth-order valence-corrected chi connectivity index (χ4v) is 12.0. The van der Waals surface area contributed by atoms with E-state index in [-0.39, 0.29) is 58.0 Å². The maximum atomic E-state index is 12.7. The molecule has 8 heteroatoms. The molecule has 10 atom stereocenters. The number of hydrogen-bond acceptors (Lipinski definition) is 6. The number of quaternary nitrogens is 1. The molecular weight excluding hydrogens is 620 g/mol. The quantitative estimate of drug-likeness (QED) is 0.186. The minimum absolute atomic E-state index is 0. The van der Waals surface area contributed by atoms with E-state index in [1.165, 1.54) is 64.5 Å². The van der Waals surface area contributed by atoms with Crippen molar-refractivity contribution >= 4 is 28.9 Å². The summed E-state index contributed by atoms with van der Waals surface area (Å²) in [6.07, 6.45) is 15.3. The Labute approximate surface area is 277 Å². The molecule has 0 N–H and O–H groups in total. The molecular formula is C36H60BrN2O5+. The average molecular weight is 681 g/mol. The van der Waals surface area contributed by atoms with E-state index in [0.717, 1.165) is 56.6 Å². The number of halogens is 1. The van der Waals surface area contributed by atoms with E-state index in [4.69, 9.17) is 14.2 Å². The number of fused-ring (bicyclic) bond motifs is 5. The third-order valence-electron chi connectivity index (χ3n) is 13.9. The molecule has 6 fully saturated rings. The second-order valence-electron chi connectivity index (χ2n) is 15.9. The highest BCUT2D eigenvalue weighted by atomic mass is 79.9. The molecule has 44 heavy (non-hydrogen) atoms. The van der Waals surface area contributed by atoms with E-state index in [0.29, 0.717) is 29.7 Å². The maximum Gasteiger partial charge on any atom is 0.303 e. The standard InChI is InChI=1S/C36H59N2O5.BrH/c1-6-17-38(18-9-7-8-10-19-38)32-23-30-28-12-11-27-22-33(42-25(2)39)31(37-15-20-41-21-16-37)24-36(27,5)29(28)13-14-35(30,4)34(32)43-26(3)40;/h6,27-34H,1,7-24H2,2-5H3;1H/q+1;/t27?,28-,29-,30+,31?,32?,33?,34?,35+,36+;/m1./s1. The Morgan fingerprint density at radius 2 is 1.61 bits per heavy atom. The highest BCUT2D eigenvalue weighted by Gasteiger charge is 2.67. The van der Waals surface area contributed by atoms with Crippen LogP contribution in [0.15, 0.2) is 12.7 Å². The van der Waals surface area contributed by atoms with Crippen LogP contribution in [0.2, 0.25) is 0 Å². The highest BCUT2D eigenvalue weighted by Crippen LogP contribution is 2.67. The topological polar surface area (TPSA) is 65.1 Å². The van der Waals surface area contributed by atoms with Crippen molar-refractivity contribution in [2.45, 2.75) is 123 Å². The highest BCUT2D eigenvalue weighted by molar-refractivity contribution is 8.93. The number of rotatable bonds is 6. The van der Waals surface area contributed by atoms with Crippen LogP contribution in [0.25, 0.3) is 0 Å². The molecule has 0 amide bonds. The van der Waals surface area contributed by atoms with E-state index in [1.807, 2.05) is 0 Å². The maximum absolute atomic E-state index is 12.7. The molecule has 2 aliphatic heterocycles. The normalized spacial score (nSPS) is 43.6. The van der Waals surface area contributed by atoms with E-state index in [9.17, 15) is 9.59 Å².